The molecule has 1 aromatic carbocycles. The van der Waals surface area contributed by atoms with Crippen molar-refractivity contribution in [3.8, 4) is 0 Å². The minimum Gasteiger partial charge on any atom is -0.381 e. The summed E-state index contributed by atoms with van der Waals surface area (Å²) in [6.45, 7) is 7.76. The van der Waals surface area contributed by atoms with E-state index in [1.54, 1.807) is 0 Å². The zero-order valence-electron chi connectivity index (χ0n) is 9.42. The van der Waals surface area contributed by atoms with Gasteiger partial charge in [-0.2, -0.15) is 0 Å². The zero-order chi connectivity index (χ0) is 11.0. The van der Waals surface area contributed by atoms with Crippen LogP contribution in [-0.2, 0) is 0 Å². The Labute approximate surface area is 99.8 Å². The van der Waals surface area contributed by atoms with Crippen molar-refractivity contribution in [3.05, 3.63) is 22.7 Å². The Bertz CT molecular complexity index is 363. The predicted molar refractivity (Wildman–Crippen MR) is 69.7 cm³/mol. The standard InChI is InChI=1S/C12H17BrN2/c1-8(2)15-9(3)7-14-11-6-4-5-10(13)12(11)15/h4-6,8-9,14H,7H2,1-3H3. The maximum atomic E-state index is 3.64. The number of benzene rings is 1. The maximum absolute atomic E-state index is 3.64. The second-order valence-corrected chi connectivity index (χ2v) is 5.22. The third-order valence-corrected chi connectivity index (χ3v) is 3.50. The molecule has 82 valence electrons. The molecule has 3 heteroatoms. The lowest BCUT2D eigenvalue weighted by molar-refractivity contribution is 0.579. The highest BCUT2D eigenvalue weighted by atomic mass is 79.9. The Balaban J connectivity index is 2.51. The lowest BCUT2D eigenvalue weighted by atomic mass is 10.1. The number of para-hydroxylation sites is 1. The van der Waals surface area contributed by atoms with Crippen molar-refractivity contribution in [1.82, 2.24) is 0 Å². The summed E-state index contributed by atoms with van der Waals surface area (Å²) in [7, 11) is 0. The van der Waals surface area contributed by atoms with Crippen molar-refractivity contribution < 1.29 is 0 Å². The summed E-state index contributed by atoms with van der Waals surface area (Å²) in [6, 6.07) is 7.38. The lowest BCUT2D eigenvalue weighted by Gasteiger charge is -2.41. The molecule has 0 saturated heterocycles. The molecule has 15 heavy (non-hydrogen) atoms. The van der Waals surface area contributed by atoms with Crippen LogP contribution in [0.5, 0.6) is 0 Å². The molecular formula is C12H17BrN2. The van der Waals surface area contributed by atoms with Gasteiger partial charge in [0.1, 0.15) is 0 Å². The molecule has 0 amide bonds. The Hall–Kier alpha value is -0.700. The number of nitrogens with zero attached hydrogens (tertiary/aromatic N) is 1. The summed E-state index contributed by atoms with van der Waals surface area (Å²) in [6.07, 6.45) is 0. The van der Waals surface area contributed by atoms with Gasteiger partial charge in [-0.15, -0.1) is 0 Å². The second kappa shape index (κ2) is 4.05. The van der Waals surface area contributed by atoms with Crippen LogP contribution in [0.15, 0.2) is 22.7 Å². The predicted octanol–water partition coefficient (Wildman–Crippen LogP) is 3.48. The summed E-state index contributed by atoms with van der Waals surface area (Å²) in [4.78, 5) is 2.47. The van der Waals surface area contributed by atoms with Crippen LogP contribution in [0.2, 0.25) is 0 Å². The van der Waals surface area contributed by atoms with Crippen LogP contribution in [-0.4, -0.2) is 18.6 Å². The number of hydrogen-bond acceptors (Lipinski definition) is 2. The van der Waals surface area contributed by atoms with E-state index in [0.717, 1.165) is 6.54 Å². The van der Waals surface area contributed by atoms with Crippen LogP contribution in [0.3, 0.4) is 0 Å². The fourth-order valence-electron chi connectivity index (χ4n) is 2.26. The SMILES string of the molecule is CC(C)N1c2c(Br)cccc2NCC1C. The molecule has 1 aliphatic heterocycles. The van der Waals surface area contributed by atoms with Crippen LogP contribution < -0.4 is 10.2 Å². The molecule has 2 nitrogen and oxygen atoms in total. The Morgan fingerprint density at radius 2 is 2.20 bits per heavy atom. The molecule has 1 heterocycles. The van der Waals surface area contributed by atoms with Gasteiger partial charge in [-0.1, -0.05) is 6.07 Å². The Morgan fingerprint density at radius 1 is 1.47 bits per heavy atom. The van der Waals surface area contributed by atoms with E-state index in [2.05, 4.69) is 65.1 Å². The number of rotatable bonds is 1. The zero-order valence-corrected chi connectivity index (χ0v) is 11.0. The van der Waals surface area contributed by atoms with Crippen LogP contribution in [0, 0.1) is 0 Å². The number of nitrogens with one attached hydrogen (secondary N) is 1. The van der Waals surface area contributed by atoms with Crippen LogP contribution in [0.1, 0.15) is 20.8 Å². The normalized spacial score (nSPS) is 20.1. The third-order valence-electron chi connectivity index (χ3n) is 2.86. The van der Waals surface area contributed by atoms with E-state index in [-0.39, 0.29) is 0 Å². The highest BCUT2D eigenvalue weighted by Gasteiger charge is 2.26. The van der Waals surface area contributed by atoms with Gasteiger partial charge in [0.15, 0.2) is 0 Å². The molecule has 0 saturated carbocycles. The molecule has 0 spiro atoms. The van der Waals surface area contributed by atoms with Crippen molar-refractivity contribution in [1.29, 1.82) is 0 Å². The molecule has 0 bridgehead atoms. The average Bonchev–Trinajstić information content (AvgIpc) is 2.18. The van der Waals surface area contributed by atoms with Crippen molar-refractivity contribution >= 4 is 27.3 Å². The van der Waals surface area contributed by atoms with E-state index in [0.29, 0.717) is 12.1 Å². The molecule has 1 atom stereocenters. The maximum Gasteiger partial charge on any atom is 0.0751 e. The van der Waals surface area contributed by atoms with E-state index < -0.39 is 0 Å². The Morgan fingerprint density at radius 3 is 2.87 bits per heavy atom. The average molecular weight is 269 g/mol. The van der Waals surface area contributed by atoms with Gasteiger partial charge < -0.3 is 10.2 Å². The van der Waals surface area contributed by atoms with Gasteiger partial charge in [-0.05, 0) is 48.8 Å². The van der Waals surface area contributed by atoms with Crippen molar-refractivity contribution in [2.24, 2.45) is 0 Å². The van der Waals surface area contributed by atoms with E-state index in [9.17, 15) is 0 Å². The van der Waals surface area contributed by atoms with Gasteiger partial charge in [0.2, 0.25) is 0 Å². The van der Waals surface area contributed by atoms with Crippen LogP contribution >= 0.6 is 15.9 Å². The number of halogens is 1. The fourth-order valence-corrected chi connectivity index (χ4v) is 2.83. The second-order valence-electron chi connectivity index (χ2n) is 4.37. The van der Waals surface area contributed by atoms with E-state index >= 15 is 0 Å². The van der Waals surface area contributed by atoms with Gasteiger partial charge in [-0.3, -0.25) is 0 Å². The van der Waals surface area contributed by atoms with Gasteiger partial charge in [0, 0.05) is 23.1 Å². The van der Waals surface area contributed by atoms with Gasteiger partial charge in [0.05, 0.1) is 11.4 Å². The summed E-state index contributed by atoms with van der Waals surface area (Å²) in [5.74, 6) is 0. The van der Waals surface area contributed by atoms with Crippen LogP contribution in [0.25, 0.3) is 0 Å². The lowest BCUT2D eigenvalue weighted by Crippen LogP contribution is -2.46. The van der Waals surface area contributed by atoms with Crippen LogP contribution in [0.4, 0.5) is 11.4 Å². The molecule has 1 aliphatic rings. The van der Waals surface area contributed by atoms with Crippen molar-refractivity contribution in [2.75, 3.05) is 16.8 Å². The molecule has 2 rings (SSSR count). The number of hydrogen-bond donors (Lipinski definition) is 1. The quantitative estimate of drug-likeness (QED) is 0.839. The smallest absolute Gasteiger partial charge is 0.0751 e. The minimum atomic E-state index is 0.527. The minimum absolute atomic E-state index is 0.527. The largest absolute Gasteiger partial charge is 0.381 e. The molecule has 0 fully saturated rings. The van der Waals surface area contributed by atoms with Crippen molar-refractivity contribution in [3.63, 3.8) is 0 Å². The number of fused-ring (bicyclic) bond motifs is 1. The first-order valence-corrected chi connectivity index (χ1v) is 6.21. The summed E-state index contributed by atoms with van der Waals surface area (Å²) < 4.78 is 1.17. The third kappa shape index (κ3) is 1.85. The first-order valence-electron chi connectivity index (χ1n) is 5.42. The van der Waals surface area contributed by atoms with E-state index in [1.165, 1.54) is 15.8 Å². The highest BCUT2D eigenvalue weighted by Crippen LogP contribution is 2.38. The topological polar surface area (TPSA) is 15.3 Å². The summed E-state index contributed by atoms with van der Waals surface area (Å²) in [5, 5.41) is 3.47. The van der Waals surface area contributed by atoms with Gasteiger partial charge in [-0.25, -0.2) is 0 Å². The van der Waals surface area contributed by atoms with E-state index in [4.69, 9.17) is 0 Å². The molecule has 0 radical (unpaired) electrons. The first kappa shape index (κ1) is 10.8. The highest BCUT2D eigenvalue weighted by molar-refractivity contribution is 9.10. The van der Waals surface area contributed by atoms with E-state index in [1.807, 2.05) is 0 Å². The summed E-state index contributed by atoms with van der Waals surface area (Å²) >= 11 is 3.64. The van der Waals surface area contributed by atoms with Gasteiger partial charge >= 0.3 is 0 Å². The van der Waals surface area contributed by atoms with Gasteiger partial charge in [0.25, 0.3) is 0 Å². The Kier molecular flexibility index (Phi) is 2.91. The molecule has 1 aromatic rings. The molecule has 1 N–H and O–H groups in total. The monoisotopic (exact) mass is 268 g/mol. The molecular weight excluding hydrogens is 252 g/mol. The first-order chi connectivity index (χ1) is 7.11. The fraction of sp³-hybridized carbons (Fsp3) is 0.500. The number of anilines is 2. The molecule has 0 aliphatic carbocycles. The molecule has 1 unspecified atom stereocenters. The summed E-state index contributed by atoms with van der Waals surface area (Å²) in [5.41, 5.74) is 2.53. The molecule has 0 aromatic heterocycles. The van der Waals surface area contributed by atoms with Crippen molar-refractivity contribution in [2.45, 2.75) is 32.9 Å².